The summed E-state index contributed by atoms with van der Waals surface area (Å²) in [6.45, 7) is 14.2. The predicted molar refractivity (Wildman–Crippen MR) is 137 cm³/mol. The molecular weight excluding hydrogens is 398 g/mol. The Morgan fingerprint density at radius 3 is 1.78 bits per heavy atom. The monoisotopic (exact) mass is 439 g/mol. The van der Waals surface area contributed by atoms with Gasteiger partial charge in [-0.1, -0.05) is 46.6 Å². The Kier molecular flexibility index (Phi) is 12.2. The number of anilines is 1. The van der Waals surface area contributed by atoms with Gasteiger partial charge in [0.1, 0.15) is 5.75 Å². The van der Waals surface area contributed by atoms with Gasteiger partial charge in [-0.3, -0.25) is 0 Å². The Balaban J connectivity index is 3.13. The lowest BCUT2D eigenvalue weighted by atomic mass is 10.1. The Labute approximate surface area is 195 Å². The zero-order valence-electron chi connectivity index (χ0n) is 21.0. The molecule has 0 aromatic heterocycles. The number of allylic oxidation sites excluding steroid dienone is 6. The van der Waals surface area contributed by atoms with Crippen molar-refractivity contribution < 1.29 is 14.6 Å². The van der Waals surface area contributed by atoms with Crippen LogP contribution in [0.25, 0.3) is 0 Å². The lowest BCUT2D eigenvalue weighted by Gasteiger charge is -2.25. The third-order valence-corrected chi connectivity index (χ3v) is 5.27. The Morgan fingerprint density at radius 2 is 1.38 bits per heavy atom. The molecule has 1 rings (SSSR count). The van der Waals surface area contributed by atoms with Gasteiger partial charge in [0.15, 0.2) is 0 Å². The second-order valence-corrected chi connectivity index (χ2v) is 8.84. The number of aromatic carboxylic acids is 1. The Morgan fingerprint density at radius 1 is 0.875 bits per heavy atom. The van der Waals surface area contributed by atoms with E-state index >= 15 is 0 Å². The van der Waals surface area contributed by atoms with Crippen molar-refractivity contribution in [1.82, 2.24) is 0 Å². The van der Waals surface area contributed by atoms with Gasteiger partial charge in [0, 0.05) is 13.1 Å². The first-order chi connectivity index (χ1) is 15.1. The number of rotatable bonds is 13. The highest BCUT2D eigenvalue weighted by Crippen LogP contribution is 2.30. The molecule has 0 saturated carbocycles. The zero-order valence-corrected chi connectivity index (χ0v) is 21.0. The van der Waals surface area contributed by atoms with Crippen LogP contribution in [0.4, 0.5) is 5.69 Å². The summed E-state index contributed by atoms with van der Waals surface area (Å²) < 4.78 is 5.57. The van der Waals surface area contributed by atoms with Crippen LogP contribution in [0, 0.1) is 0 Å². The van der Waals surface area contributed by atoms with Gasteiger partial charge in [-0.05, 0) is 85.4 Å². The highest BCUT2D eigenvalue weighted by molar-refractivity contribution is 5.89. The number of hydrogen-bond donors (Lipinski definition) is 1. The molecule has 1 aromatic carbocycles. The standard InChI is InChI=1S/C28H41NO3/c1-21(2)10-8-12-23(5)16-18-29(19-17-24(6)13-9-11-22(3)4)26-20-25(28(30)31)14-15-27(26)32-7/h10-11,14-17,20H,8-9,12-13,18-19H2,1-7H3,(H,30,31)/b23-16+,24-17+. The average molecular weight is 440 g/mol. The number of carbonyl (C=O) groups is 1. The molecule has 176 valence electrons. The van der Waals surface area contributed by atoms with Crippen molar-refractivity contribution in [2.24, 2.45) is 0 Å². The van der Waals surface area contributed by atoms with Crippen LogP contribution < -0.4 is 9.64 Å². The number of benzene rings is 1. The summed E-state index contributed by atoms with van der Waals surface area (Å²) in [6.07, 6.45) is 13.1. The molecule has 4 heteroatoms. The largest absolute Gasteiger partial charge is 0.495 e. The fourth-order valence-corrected chi connectivity index (χ4v) is 3.25. The van der Waals surface area contributed by atoms with Gasteiger partial charge >= 0.3 is 5.97 Å². The summed E-state index contributed by atoms with van der Waals surface area (Å²) >= 11 is 0. The quantitative estimate of drug-likeness (QED) is 0.322. The van der Waals surface area contributed by atoms with Gasteiger partial charge in [-0.2, -0.15) is 0 Å². The summed E-state index contributed by atoms with van der Waals surface area (Å²) in [6, 6.07) is 5.03. The molecule has 0 atom stereocenters. The summed E-state index contributed by atoms with van der Waals surface area (Å²) in [7, 11) is 1.62. The van der Waals surface area contributed by atoms with Crippen molar-refractivity contribution >= 4 is 11.7 Å². The SMILES string of the molecule is COc1ccc(C(=O)O)cc1N(C/C=C(\C)CCC=C(C)C)C/C=C(\C)CCC=C(C)C. The molecule has 0 spiro atoms. The molecule has 1 aromatic rings. The highest BCUT2D eigenvalue weighted by Gasteiger charge is 2.14. The molecule has 0 radical (unpaired) electrons. The van der Waals surface area contributed by atoms with Crippen LogP contribution in [0.15, 0.2) is 64.8 Å². The fourth-order valence-electron chi connectivity index (χ4n) is 3.25. The first-order valence-corrected chi connectivity index (χ1v) is 11.4. The van der Waals surface area contributed by atoms with Crippen molar-refractivity contribution in [3.8, 4) is 5.75 Å². The van der Waals surface area contributed by atoms with E-state index in [1.807, 2.05) is 0 Å². The first kappa shape index (κ1) is 27.3. The summed E-state index contributed by atoms with van der Waals surface area (Å²) in [5, 5.41) is 9.48. The van der Waals surface area contributed by atoms with Crippen LogP contribution in [-0.2, 0) is 0 Å². The summed E-state index contributed by atoms with van der Waals surface area (Å²) in [5.74, 6) is -0.253. The van der Waals surface area contributed by atoms with Crippen LogP contribution in [-0.4, -0.2) is 31.3 Å². The molecule has 0 aliphatic heterocycles. The van der Waals surface area contributed by atoms with E-state index in [1.54, 1.807) is 25.3 Å². The zero-order chi connectivity index (χ0) is 24.1. The van der Waals surface area contributed by atoms with Crippen LogP contribution in [0.1, 0.15) is 77.6 Å². The molecule has 32 heavy (non-hydrogen) atoms. The van der Waals surface area contributed by atoms with E-state index in [2.05, 4.69) is 70.7 Å². The highest BCUT2D eigenvalue weighted by atomic mass is 16.5. The molecule has 0 fully saturated rings. The number of nitrogens with zero attached hydrogens (tertiary/aromatic N) is 1. The van der Waals surface area contributed by atoms with Gasteiger partial charge in [-0.15, -0.1) is 0 Å². The first-order valence-electron chi connectivity index (χ1n) is 11.4. The van der Waals surface area contributed by atoms with Crippen molar-refractivity contribution in [1.29, 1.82) is 0 Å². The number of carboxylic acid groups (broad SMARTS) is 1. The maximum absolute atomic E-state index is 11.6. The smallest absolute Gasteiger partial charge is 0.335 e. The van der Waals surface area contributed by atoms with Crippen molar-refractivity contribution in [3.63, 3.8) is 0 Å². The second kappa shape index (κ2) is 14.3. The van der Waals surface area contributed by atoms with E-state index in [0.717, 1.165) is 31.4 Å². The summed E-state index contributed by atoms with van der Waals surface area (Å²) in [5.41, 5.74) is 6.38. The molecule has 0 aliphatic carbocycles. The fraction of sp³-hybridized carbons (Fsp3) is 0.464. The van der Waals surface area contributed by atoms with Crippen LogP contribution in [0.5, 0.6) is 5.75 Å². The number of hydrogen-bond acceptors (Lipinski definition) is 3. The molecule has 0 unspecified atom stereocenters. The van der Waals surface area contributed by atoms with Crippen LogP contribution in [0.3, 0.4) is 0 Å². The Hall–Kier alpha value is -2.75. The number of methoxy groups -OCH3 is 1. The minimum absolute atomic E-state index is 0.263. The molecule has 0 saturated heterocycles. The van der Waals surface area contributed by atoms with Crippen molar-refractivity contribution in [2.45, 2.75) is 67.2 Å². The average Bonchev–Trinajstić information content (AvgIpc) is 2.72. The van der Waals surface area contributed by atoms with Gasteiger partial charge in [-0.25, -0.2) is 4.79 Å². The topological polar surface area (TPSA) is 49.8 Å². The maximum atomic E-state index is 11.6. The summed E-state index contributed by atoms with van der Waals surface area (Å²) in [4.78, 5) is 13.7. The van der Waals surface area contributed by atoms with Crippen molar-refractivity contribution in [3.05, 3.63) is 70.4 Å². The molecule has 0 heterocycles. The van der Waals surface area contributed by atoms with E-state index in [0.29, 0.717) is 18.8 Å². The molecule has 4 nitrogen and oxygen atoms in total. The van der Waals surface area contributed by atoms with E-state index in [9.17, 15) is 9.90 Å². The predicted octanol–water partition coefficient (Wildman–Crippen LogP) is 7.59. The van der Waals surface area contributed by atoms with E-state index < -0.39 is 5.97 Å². The van der Waals surface area contributed by atoms with E-state index in [1.165, 1.54) is 22.3 Å². The third kappa shape index (κ3) is 10.5. The normalized spacial score (nSPS) is 11.7. The molecule has 0 amide bonds. The third-order valence-electron chi connectivity index (χ3n) is 5.27. The van der Waals surface area contributed by atoms with Crippen molar-refractivity contribution in [2.75, 3.05) is 25.1 Å². The lowest BCUT2D eigenvalue weighted by Crippen LogP contribution is -2.25. The van der Waals surface area contributed by atoms with Gasteiger partial charge in [0.2, 0.25) is 0 Å². The van der Waals surface area contributed by atoms with Crippen LogP contribution in [0.2, 0.25) is 0 Å². The van der Waals surface area contributed by atoms with Gasteiger partial charge in [0.05, 0.1) is 18.4 Å². The molecule has 1 N–H and O–H groups in total. The lowest BCUT2D eigenvalue weighted by molar-refractivity contribution is 0.0697. The Bertz CT molecular complexity index is 827. The number of carboxylic acids is 1. The minimum Gasteiger partial charge on any atom is -0.495 e. The maximum Gasteiger partial charge on any atom is 0.335 e. The van der Waals surface area contributed by atoms with Gasteiger partial charge < -0.3 is 14.7 Å². The number of ether oxygens (including phenoxy) is 1. The minimum atomic E-state index is -0.934. The van der Waals surface area contributed by atoms with E-state index in [4.69, 9.17) is 4.74 Å². The van der Waals surface area contributed by atoms with E-state index in [-0.39, 0.29) is 5.56 Å². The molecule has 0 aliphatic rings. The second-order valence-electron chi connectivity index (χ2n) is 8.84. The molecule has 0 bridgehead atoms. The van der Waals surface area contributed by atoms with Gasteiger partial charge in [0.25, 0.3) is 0 Å². The molecular formula is C28H41NO3. The van der Waals surface area contributed by atoms with Crippen LogP contribution >= 0.6 is 0 Å².